The summed E-state index contributed by atoms with van der Waals surface area (Å²) in [5.41, 5.74) is -6.20. The number of rotatable bonds is 10. The van der Waals surface area contributed by atoms with Gasteiger partial charge in [-0.15, -0.1) is 0 Å². The second kappa shape index (κ2) is 18.3. The van der Waals surface area contributed by atoms with Crippen LogP contribution in [0.25, 0.3) is 0 Å². The molecule has 1 amide bonds. The maximum Gasteiger partial charge on any atom is 0.413 e. The fourth-order valence-corrected chi connectivity index (χ4v) is 12.0. The van der Waals surface area contributed by atoms with Gasteiger partial charge in [0, 0.05) is 37.9 Å². The number of aliphatic hydroxyl groups is 2. The van der Waals surface area contributed by atoms with E-state index in [4.69, 9.17) is 37.9 Å². The van der Waals surface area contributed by atoms with Crippen molar-refractivity contribution in [1.29, 1.82) is 0 Å². The fraction of sp³-hybridized carbons (Fsp3) is 0.528. The van der Waals surface area contributed by atoms with Crippen molar-refractivity contribution in [3.8, 4) is 5.75 Å². The molecule has 2 bridgehead atoms. The SMILES string of the molecule is COc1ccc(C2OC(C(=O)O[C@H]3C[C@@]4(O)[C@@H](OC(=O)c5ccccc5)[C@@H]5[C@]6(OC(C)=O)CO[C@@H]6C[C@H](OC)[C@@]5(C)C(=O)[C@H](CO)C(=C3C)C4(C)C)C(c3ccccc3)N2C(=O)OC(C)(C)C)cc1. The quantitative estimate of drug-likeness (QED) is 0.125. The summed E-state index contributed by atoms with van der Waals surface area (Å²) in [5.74, 6) is -5.09. The van der Waals surface area contributed by atoms with Gasteiger partial charge in [-0.3, -0.25) is 14.5 Å². The normalized spacial score (nSPS) is 33.7. The topological polar surface area (TPSA) is 203 Å². The van der Waals surface area contributed by atoms with Gasteiger partial charge in [0.2, 0.25) is 0 Å². The van der Waals surface area contributed by atoms with Crippen LogP contribution in [-0.2, 0) is 47.5 Å². The lowest BCUT2D eigenvalue weighted by molar-refractivity contribution is -0.347. The van der Waals surface area contributed by atoms with Gasteiger partial charge < -0.3 is 48.1 Å². The minimum Gasteiger partial charge on any atom is -0.497 e. The Balaban J connectivity index is 1.29. The van der Waals surface area contributed by atoms with E-state index in [1.54, 1.807) is 133 Å². The van der Waals surface area contributed by atoms with Crippen LogP contribution in [0, 0.1) is 22.7 Å². The third-order valence-electron chi connectivity index (χ3n) is 15.3. The Kier molecular flexibility index (Phi) is 13.2. The second-order valence-corrected chi connectivity index (χ2v) is 20.6. The molecule has 3 unspecified atom stereocenters. The molecule has 0 aromatic heterocycles. The summed E-state index contributed by atoms with van der Waals surface area (Å²) in [6, 6.07) is 22.7. The van der Waals surface area contributed by atoms with Gasteiger partial charge in [0.05, 0.1) is 49.2 Å². The number of amides is 1. The molecule has 3 aromatic carbocycles. The lowest BCUT2D eigenvalue weighted by Gasteiger charge is -2.68. The van der Waals surface area contributed by atoms with Crippen molar-refractivity contribution < 1.29 is 72.1 Å². The van der Waals surface area contributed by atoms with Crippen LogP contribution in [0.4, 0.5) is 4.79 Å². The highest BCUT2D eigenvalue weighted by molar-refractivity contribution is 5.93. The summed E-state index contributed by atoms with van der Waals surface area (Å²) in [6.45, 7) is 12.2. The molecule has 4 fully saturated rings. The van der Waals surface area contributed by atoms with Gasteiger partial charge in [0.25, 0.3) is 0 Å². The molecule has 2 heterocycles. The van der Waals surface area contributed by atoms with Crippen LogP contribution in [-0.4, -0.2) is 120 Å². The van der Waals surface area contributed by atoms with Crippen molar-refractivity contribution in [3.63, 3.8) is 0 Å². The standard InChI is InChI=1S/C53H63NO15/c1-29-36(65-47(59)41-40(31-17-13-11-14-18-31)54(48(60)69-49(3,4)5)45(66-41)32-21-23-34(62-9)24-22-32)26-53(61)44(67-46(58)33-19-15-12-16-20-33)42-51(8,43(57)35(27-55)39(29)50(53,6)7)37(63-10)25-38-52(42,28-64-38)68-30(2)56/h11-24,35-38,40-42,44-45,55,61H,25-28H2,1-10H3/t35-,36+,37+,38-,40?,41?,42+,44+,45?,51-,52+,53-/m1/s1. The van der Waals surface area contributed by atoms with Gasteiger partial charge in [0.15, 0.2) is 23.7 Å². The van der Waals surface area contributed by atoms with Gasteiger partial charge in [0.1, 0.15) is 41.3 Å². The highest BCUT2D eigenvalue weighted by Crippen LogP contribution is 2.65. The Morgan fingerprint density at radius 2 is 1.52 bits per heavy atom. The van der Waals surface area contributed by atoms with Crippen molar-refractivity contribution in [2.24, 2.45) is 22.7 Å². The molecule has 0 radical (unpaired) electrons. The number of benzene rings is 3. The number of hydrogen-bond donors (Lipinski definition) is 2. The number of carbonyl (C=O) groups is 5. The predicted octanol–water partition coefficient (Wildman–Crippen LogP) is 6.62. The molecule has 2 saturated heterocycles. The zero-order valence-corrected chi connectivity index (χ0v) is 40.8. The van der Waals surface area contributed by atoms with Crippen LogP contribution < -0.4 is 4.74 Å². The van der Waals surface area contributed by atoms with Crippen LogP contribution in [0.1, 0.15) is 102 Å². The third kappa shape index (κ3) is 8.21. The number of Topliss-reactive ketones (excluding diaryl/α,β-unsaturated/α-hetero) is 1. The van der Waals surface area contributed by atoms with Crippen molar-refractivity contribution in [3.05, 3.63) is 113 Å². The number of methoxy groups -OCH3 is 2. The number of esters is 3. The van der Waals surface area contributed by atoms with Gasteiger partial charge in [-0.05, 0) is 75.6 Å². The van der Waals surface area contributed by atoms with E-state index in [0.717, 1.165) is 0 Å². The third-order valence-corrected chi connectivity index (χ3v) is 15.3. The number of ether oxygens (including phenoxy) is 8. The van der Waals surface area contributed by atoms with Crippen LogP contribution in [0.3, 0.4) is 0 Å². The summed E-state index contributed by atoms with van der Waals surface area (Å²) in [7, 11) is 2.96. The summed E-state index contributed by atoms with van der Waals surface area (Å²) in [4.78, 5) is 74.5. The predicted molar refractivity (Wildman–Crippen MR) is 246 cm³/mol. The highest BCUT2D eigenvalue weighted by Gasteiger charge is 2.78. The fourth-order valence-electron chi connectivity index (χ4n) is 12.0. The largest absolute Gasteiger partial charge is 0.497 e. The van der Waals surface area contributed by atoms with E-state index >= 15 is 9.59 Å². The number of hydrogen-bond acceptors (Lipinski definition) is 15. The van der Waals surface area contributed by atoms with E-state index in [9.17, 15) is 24.6 Å². The van der Waals surface area contributed by atoms with Gasteiger partial charge in [-0.1, -0.05) is 74.5 Å². The molecule has 8 rings (SSSR count). The molecule has 3 aromatic rings. The van der Waals surface area contributed by atoms with Crippen molar-refractivity contribution in [2.75, 3.05) is 27.4 Å². The lowest BCUT2D eigenvalue weighted by atomic mass is 9.43. The molecule has 12 atom stereocenters. The van der Waals surface area contributed by atoms with E-state index in [1.807, 2.05) is 0 Å². The first kappa shape index (κ1) is 49.8. The van der Waals surface area contributed by atoms with Gasteiger partial charge in [-0.25, -0.2) is 14.4 Å². The summed E-state index contributed by atoms with van der Waals surface area (Å²) >= 11 is 0. The van der Waals surface area contributed by atoms with Crippen molar-refractivity contribution in [1.82, 2.24) is 4.90 Å². The number of fused-ring (bicyclic) bond motifs is 5. The molecular weight excluding hydrogens is 891 g/mol. The zero-order valence-electron chi connectivity index (χ0n) is 40.8. The molecule has 69 heavy (non-hydrogen) atoms. The maximum absolute atomic E-state index is 15.8. The lowest BCUT2D eigenvalue weighted by Crippen LogP contribution is -2.81. The molecular formula is C53H63NO15. The average molecular weight is 954 g/mol. The smallest absolute Gasteiger partial charge is 0.413 e. The van der Waals surface area contributed by atoms with E-state index in [2.05, 4.69) is 0 Å². The first-order valence-electron chi connectivity index (χ1n) is 23.3. The highest BCUT2D eigenvalue weighted by atomic mass is 16.6. The molecule has 2 N–H and O–H groups in total. The molecule has 5 aliphatic rings. The first-order chi connectivity index (χ1) is 32.6. The molecule has 16 heteroatoms. The van der Waals surface area contributed by atoms with E-state index in [-0.39, 0.29) is 24.2 Å². The Labute approximate surface area is 402 Å². The van der Waals surface area contributed by atoms with Gasteiger partial charge >= 0.3 is 24.0 Å². The zero-order chi connectivity index (χ0) is 50.0. The van der Waals surface area contributed by atoms with Gasteiger partial charge in [-0.2, -0.15) is 0 Å². The Hall–Kier alpha value is -5.65. The molecule has 3 aliphatic carbocycles. The molecule has 2 saturated carbocycles. The molecule has 2 aliphatic heterocycles. The van der Waals surface area contributed by atoms with Crippen LogP contribution in [0.2, 0.25) is 0 Å². The first-order valence-corrected chi connectivity index (χ1v) is 23.3. The number of aliphatic hydroxyl groups excluding tert-OH is 1. The average Bonchev–Trinajstić information content (AvgIpc) is 3.72. The monoisotopic (exact) mass is 953 g/mol. The Morgan fingerprint density at radius 3 is 2.07 bits per heavy atom. The number of ketones is 1. The van der Waals surface area contributed by atoms with Crippen molar-refractivity contribution >= 4 is 29.8 Å². The minimum atomic E-state index is -2.25. The molecule has 0 spiro atoms. The summed E-state index contributed by atoms with van der Waals surface area (Å²) in [6.07, 6.45) is -8.54. The molecule has 370 valence electrons. The summed E-state index contributed by atoms with van der Waals surface area (Å²) < 4.78 is 49.6. The summed E-state index contributed by atoms with van der Waals surface area (Å²) in [5, 5.41) is 25.5. The van der Waals surface area contributed by atoms with E-state index in [1.165, 1.54) is 26.0 Å². The van der Waals surface area contributed by atoms with Crippen LogP contribution in [0.5, 0.6) is 5.75 Å². The van der Waals surface area contributed by atoms with E-state index in [0.29, 0.717) is 22.4 Å². The molecule has 16 nitrogen and oxygen atoms in total. The van der Waals surface area contributed by atoms with E-state index < -0.39 is 125 Å². The number of carbonyl (C=O) groups excluding carboxylic acids is 5. The van der Waals surface area contributed by atoms with Crippen molar-refractivity contribution in [2.45, 2.75) is 128 Å². The van der Waals surface area contributed by atoms with Crippen LogP contribution >= 0.6 is 0 Å². The number of nitrogens with zero attached hydrogens (tertiary/aromatic N) is 1. The van der Waals surface area contributed by atoms with Crippen LogP contribution in [0.15, 0.2) is 96.1 Å². The Bertz CT molecular complexity index is 2490. The minimum absolute atomic E-state index is 0.0991. The second-order valence-electron chi connectivity index (χ2n) is 20.6. The maximum atomic E-state index is 15.8. The Morgan fingerprint density at radius 1 is 0.884 bits per heavy atom.